The maximum absolute atomic E-state index is 11.4. The molecule has 1 aliphatic rings. The molecule has 3 N–H and O–H groups in total. The number of hydrogen-bond acceptors (Lipinski definition) is 4. The molecular formula is C14H30N4O. The normalized spacial score (nSPS) is 22.6. The zero-order valence-electron chi connectivity index (χ0n) is 12.7. The number of likely N-dealkylation sites (tertiary alicyclic amines) is 1. The minimum absolute atomic E-state index is 0.181. The Kier molecular flexibility index (Phi) is 7.34. The average Bonchev–Trinajstić information content (AvgIpc) is 2.38. The number of nitrogens with zero attached hydrogens (tertiary/aromatic N) is 2. The zero-order chi connectivity index (χ0) is 14.3. The molecule has 0 spiro atoms. The molecule has 2 unspecified atom stereocenters. The summed E-state index contributed by atoms with van der Waals surface area (Å²) >= 11 is 0. The summed E-state index contributed by atoms with van der Waals surface area (Å²) in [5.41, 5.74) is 5.44. The maximum Gasteiger partial charge on any atom is 0.234 e. The summed E-state index contributed by atoms with van der Waals surface area (Å²) in [6.07, 6.45) is 4.36. The molecule has 0 saturated carbocycles. The Bertz CT molecular complexity index is 270. The van der Waals surface area contributed by atoms with Gasteiger partial charge in [-0.3, -0.25) is 4.79 Å². The van der Waals surface area contributed by atoms with E-state index in [1.165, 1.54) is 12.8 Å². The smallest absolute Gasteiger partial charge is 0.234 e. The van der Waals surface area contributed by atoms with Crippen LogP contribution in [0.2, 0.25) is 0 Å². The molecule has 0 bridgehead atoms. The van der Waals surface area contributed by atoms with Gasteiger partial charge in [0.05, 0.1) is 6.04 Å². The summed E-state index contributed by atoms with van der Waals surface area (Å²) in [6, 6.07) is 0.462. The van der Waals surface area contributed by atoms with E-state index in [2.05, 4.69) is 36.1 Å². The first-order valence-corrected chi connectivity index (χ1v) is 7.46. The Balaban J connectivity index is 2.34. The third kappa shape index (κ3) is 5.89. The van der Waals surface area contributed by atoms with E-state index in [0.29, 0.717) is 6.04 Å². The lowest BCUT2D eigenvalue weighted by Gasteiger charge is -2.36. The van der Waals surface area contributed by atoms with Gasteiger partial charge in [0.25, 0.3) is 0 Å². The van der Waals surface area contributed by atoms with E-state index in [9.17, 15) is 4.79 Å². The predicted molar refractivity (Wildman–Crippen MR) is 79.0 cm³/mol. The van der Waals surface area contributed by atoms with Crippen LogP contribution in [0, 0.1) is 0 Å². The summed E-state index contributed by atoms with van der Waals surface area (Å²) < 4.78 is 0. The van der Waals surface area contributed by atoms with E-state index in [1.807, 2.05) is 0 Å². The molecular weight excluding hydrogens is 240 g/mol. The van der Waals surface area contributed by atoms with Crippen LogP contribution in [0.3, 0.4) is 0 Å². The van der Waals surface area contributed by atoms with Crippen LogP contribution < -0.4 is 11.1 Å². The summed E-state index contributed by atoms with van der Waals surface area (Å²) in [5, 5.41) is 3.23. The van der Waals surface area contributed by atoms with Gasteiger partial charge in [0, 0.05) is 19.1 Å². The van der Waals surface area contributed by atoms with Crippen molar-refractivity contribution in [3.63, 3.8) is 0 Å². The van der Waals surface area contributed by atoms with Crippen molar-refractivity contribution in [3.05, 3.63) is 0 Å². The Labute approximate surface area is 117 Å². The fourth-order valence-electron chi connectivity index (χ4n) is 2.63. The molecule has 0 aliphatic carbocycles. The topological polar surface area (TPSA) is 61.6 Å². The lowest BCUT2D eigenvalue weighted by Crippen LogP contribution is -2.48. The molecule has 1 heterocycles. The van der Waals surface area contributed by atoms with Gasteiger partial charge in [0.15, 0.2) is 0 Å². The molecule has 1 saturated heterocycles. The van der Waals surface area contributed by atoms with Crippen molar-refractivity contribution in [2.45, 2.75) is 44.7 Å². The van der Waals surface area contributed by atoms with Gasteiger partial charge in [-0.1, -0.05) is 6.92 Å². The molecule has 1 fully saturated rings. The summed E-state index contributed by atoms with van der Waals surface area (Å²) in [4.78, 5) is 16.1. The second-order valence-electron chi connectivity index (χ2n) is 5.76. The molecule has 0 aromatic carbocycles. The number of nitrogens with two attached hydrogens (primary N) is 1. The highest BCUT2D eigenvalue weighted by Gasteiger charge is 2.22. The van der Waals surface area contributed by atoms with E-state index >= 15 is 0 Å². The van der Waals surface area contributed by atoms with E-state index < -0.39 is 0 Å². The van der Waals surface area contributed by atoms with Crippen LogP contribution in [-0.2, 0) is 4.79 Å². The molecule has 1 aliphatic heterocycles. The van der Waals surface area contributed by atoms with Gasteiger partial charge in [0.1, 0.15) is 0 Å². The lowest BCUT2D eigenvalue weighted by molar-refractivity contribution is -0.120. The predicted octanol–water partition coefficient (Wildman–Crippen LogP) is 0.256. The van der Waals surface area contributed by atoms with Gasteiger partial charge in [-0.15, -0.1) is 0 Å². The summed E-state index contributed by atoms with van der Waals surface area (Å²) in [6.45, 7) is 6.15. The standard InChI is InChI=1S/C14H30N4O/c1-4-8-16-13(14(15)19)7-10-18-9-5-6-12(11-18)17(2)3/h12-13,16H,4-11H2,1-3H3,(H2,15,19). The maximum atomic E-state index is 11.4. The van der Waals surface area contributed by atoms with Crippen molar-refractivity contribution in [2.75, 3.05) is 40.3 Å². The molecule has 0 aromatic heterocycles. The molecule has 2 atom stereocenters. The van der Waals surface area contributed by atoms with Crippen molar-refractivity contribution >= 4 is 5.91 Å². The lowest BCUT2D eigenvalue weighted by atomic mass is 10.0. The van der Waals surface area contributed by atoms with Gasteiger partial charge in [0.2, 0.25) is 5.91 Å². The number of nitrogens with one attached hydrogen (secondary N) is 1. The van der Waals surface area contributed by atoms with Gasteiger partial charge < -0.3 is 20.9 Å². The number of carbonyl (C=O) groups excluding carboxylic acids is 1. The number of rotatable bonds is 8. The number of primary amides is 1. The summed E-state index contributed by atoms with van der Waals surface area (Å²) in [7, 11) is 4.28. The molecule has 112 valence electrons. The monoisotopic (exact) mass is 270 g/mol. The second-order valence-corrected chi connectivity index (χ2v) is 5.76. The van der Waals surface area contributed by atoms with Gasteiger partial charge in [-0.05, 0) is 52.9 Å². The fraction of sp³-hybridized carbons (Fsp3) is 0.929. The molecule has 0 radical (unpaired) electrons. The number of likely N-dealkylation sites (N-methyl/N-ethyl adjacent to an activating group) is 1. The average molecular weight is 270 g/mol. The van der Waals surface area contributed by atoms with Crippen molar-refractivity contribution < 1.29 is 4.79 Å². The van der Waals surface area contributed by atoms with Crippen LogP contribution in [0.15, 0.2) is 0 Å². The van der Waals surface area contributed by atoms with Crippen molar-refractivity contribution in [1.29, 1.82) is 0 Å². The third-order valence-electron chi connectivity index (χ3n) is 3.93. The van der Waals surface area contributed by atoms with Crippen LogP contribution in [0.1, 0.15) is 32.6 Å². The van der Waals surface area contributed by atoms with Crippen molar-refractivity contribution in [2.24, 2.45) is 5.73 Å². The fourth-order valence-corrected chi connectivity index (χ4v) is 2.63. The van der Waals surface area contributed by atoms with Crippen LogP contribution in [0.4, 0.5) is 0 Å². The number of carbonyl (C=O) groups is 1. The highest BCUT2D eigenvalue weighted by atomic mass is 16.1. The molecule has 5 nitrogen and oxygen atoms in total. The number of piperidine rings is 1. The van der Waals surface area contributed by atoms with Crippen molar-refractivity contribution in [1.82, 2.24) is 15.1 Å². The van der Waals surface area contributed by atoms with E-state index in [-0.39, 0.29) is 11.9 Å². The van der Waals surface area contributed by atoms with E-state index in [1.54, 1.807) is 0 Å². The van der Waals surface area contributed by atoms with E-state index in [4.69, 9.17) is 5.73 Å². The van der Waals surface area contributed by atoms with Crippen LogP contribution in [0.5, 0.6) is 0 Å². The largest absolute Gasteiger partial charge is 0.368 e. The SMILES string of the molecule is CCCNC(CCN1CCCC(N(C)C)C1)C(N)=O. The zero-order valence-corrected chi connectivity index (χ0v) is 12.7. The highest BCUT2D eigenvalue weighted by molar-refractivity contribution is 5.79. The van der Waals surface area contributed by atoms with E-state index in [0.717, 1.165) is 39.0 Å². The van der Waals surface area contributed by atoms with Crippen LogP contribution in [-0.4, -0.2) is 68.1 Å². The Morgan fingerprint density at radius 1 is 1.53 bits per heavy atom. The van der Waals surface area contributed by atoms with Crippen LogP contribution in [0.25, 0.3) is 0 Å². The Morgan fingerprint density at radius 3 is 2.84 bits per heavy atom. The van der Waals surface area contributed by atoms with Gasteiger partial charge in [-0.2, -0.15) is 0 Å². The number of hydrogen-bond donors (Lipinski definition) is 2. The number of amides is 1. The second kappa shape index (κ2) is 8.51. The first-order chi connectivity index (χ1) is 9.04. The summed E-state index contributed by atoms with van der Waals surface area (Å²) in [5.74, 6) is -0.227. The minimum Gasteiger partial charge on any atom is -0.368 e. The highest BCUT2D eigenvalue weighted by Crippen LogP contribution is 2.14. The van der Waals surface area contributed by atoms with Crippen molar-refractivity contribution in [3.8, 4) is 0 Å². The van der Waals surface area contributed by atoms with Gasteiger partial charge in [-0.25, -0.2) is 0 Å². The first kappa shape index (κ1) is 16.4. The van der Waals surface area contributed by atoms with Gasteiger partial charge >= 0.3 is 0 Å². The molecule has 19 heavy (non-hydrogen) atoms. The first-order valence-electron chi connectivity index (χ1n) is 7.46. The minimum atomic E-state index is -0.227. The quantitative estimate of drug-likeness (QED) is 0.664. The molecule has 1 rings (SSSR count). The molecule has 5 heteroatoms. The Hall–Kier alpha value is -0.650. The molecule has 1 amide bonds. The van der Waals surface area contributed by atoms with Crippen LogP contribution >= 0.6 is 0 Å². The Morgan fingerprint density at radius 2 is 2.26 bits per heavy atom. The third-order valence-corrected chi connectivity index (χ3v) is 3.93. The molecule has 0 aromatic rings.